The van der Waals surface area contributed by atoms with Crippen molar-refractivity contribution in [1.29, 1.82) is 0 Å². The van der Waals surface area contributed by atoms with E-state index in [9.17, 15) is 14.4 Å². The Morgan fingerprint density at radius 2 is 1.50 bits per heavy atom. The number of hydrogen-bond donors (Lipinski definition) is 2. The van der Waals surface area contributed by atoms with Gasteiger partial charge in [-0.05, 0) is 18.1 Å². The van der Waals surface area contributed by atoms with E-state index in [2.05, 4.69) is 10.6 Å². The van der Waals surface area contributed by atoms with E-state index in [0.29, 0.717) is 0 Å². The highest BCUT2D eigenvalue weighted by Crippen LogP contribution is 2.05. The van der Waals surface area contributed by atoms with Crippen molar-refractivity contribution in [3.8, 4) is 0 Å². The number of hydrogen-bond acceptors (Lipinski definition) is 5. The van der Waals surface area contributed by atoms with E-state index in [4.69, 9.17) is 9.47 Å². The lowest BCUT2D eigenvalue weighted by molar-refractivity contribution is -0.143. The van der Waals surface area contributed by atoms with Gasteiger partial charge >= 0.3 is 12.1 Å². The monoisotopic (exact) mass is 384 g/mol. The van der Waals surface area contributed by atoms with E-state index in [0.717, 1.165) is 11.1 Å². The Hall–Kier alpha value is -3.35. The Labute approximate surface area is 164 Å². The Balaban J connectivity index is 1.95. The lowest BCUT2D eigenvalue weighted by atomic mass is 10.1. The maximum atomic E-state index is 12.5. The number of alkyl carbamates (subject to hydrolysis) is 1. The van der Waals surface area contributed by atoms with Crippen molar-refractivity contribution >= 4 is 18.0 Å². The van der Waals surface area contributed by atoms with Crippen LogP contribution in [0.2, 0.25) is 0 Å². The van der Waals surface area contributed by atoms with Crippen LogP contribution in [0.4, 0.5) is 4.79 Å². The molecule has 0 saturated carbocycles. The molecule has 0 aliphatic carbocycles. The molecular formula is C21H24N2O5. The summed E-state index contributed by atoms with van der Waals surface area (Å²) in [6.07, 6.45) is -0.452. The predicted octanol–water partition coefficient (Wildman–Crippen LogP) is 2.20. The molecule has 0 saturated heterocycles. The first-order chi connectivity index (χ1) is 13.6. The van der Waals surface area contributed by atoms with Crippen LogP contribution in [0.25, 0.3) is 0 Å². The fourth-order valence-electron chi connectivity index (χ4n) is 2.46. The molecular weight excluding hydrogens is 360 g/mol. The molecule has 2 rings (SSSR count). The van der Waals surface area contributed by atoms with Crippen molar-refractivity contribution in [2.75, 3.05) is 13.2 Å². The van der Waals surface area contributed by atoms with Gasteiger partial charge in [-0.15, -0.1) is 0 Å². The summed E-state index contributed by atoms with van der Waals surface area (Å²) >= 11 is 0. The first-order valence-corrected chi connectivity index (χ1v) is 9.03. The lowest BCUT2D eigenvalue weighted by Gasteiger charge is -2.18. The van der Waals surface area contributed by atoms with Crippen LogP contribution < -0.4 is 10.6 Å². The summed E-state index contributed by atoms with van der Waals surface area (Å²) in [6, 6.07) is 17.6. The number of ether oxygens (including phenoxy) is 2. The smallest absolute Gasteiger partial charge is 0.408 e. The number of carbonyl (C=O) groups excluding carboxylic acids is 3. The molecule has 7 heteroatoms. The van der Waals surface area contributed by atoms with E-state index in [1.807, 2.05) is 60.7 Å². The second kappa shape index (κ2) is 11.4. The van der Waals surface area contributed by atoms with E-state index in [1.54, 1.807) is 6.92 Å². The van der Waals surface area contributed by atoms with Gasteiger partial charge in [0.1, 0.15) is 19.2 Å². The Morgan fingerprint density at radius 1 is 0.893 bits per heavy atom. The minimum absolute atomic E-state index is 0.0924. The van der Waals surface area contributed by atoms with Gasteiger partial charge in [-0.1, -0.05) is 60.7 Å². The average Bonchev–Trinajstić information content (AvgIpc) is 2.72. The lowest BCUT2D eigenvalue weighted by Crippen LogP contribution is -2.49. The molecule has 2 aromatic rings. The topological polar surface area (TPSA) is 93.7 Å². The van der Waals surface area contributed by atoms with Crippen molar-refractivity contribution in [3.05, 3.63) is 71.8 Å². The van der Waals surface area contributed by atoms with E-state index in [1.165, 1.54) is 0 Å². The van der Waals surface area contributed by atoms with Crippen molar-refractivity contribution in [1.82, 2.24) is 10.6 Å². The molecule has 0 aliphatic rings. The van der Waals surface area contributed by atoms with Gasteiger partial charge in [0.25, 0.3) is 0 Å². The predicted molar refractivity (Wildman–Crippen MR) is 103 cm³/mol. The molecule has 28 heavy (non-hydrogen) atoms. The third-order valence-electron chi connectivity index (χ3n) is 3.82. The van der Waals surface area contributed by atoms with Gasteiger partial charge in [-0.25, -0.2) is 4.79 Å². The first-order valence-electron chi connectivity index (χ1n) is 9.03. The minimum atomic E-state index is -0.889. The second-order valence-corrected chi connectivity index (χ2v) is 5.97. The molecule has 2 N–H and O–H groups in total. The summed E-state index contributed by atoms with van der Waals surface area (Å²) < 4.78 is 9.98. The number of nitrogens with one attached hydrogen (secondary N) is 2. The molecule has 2 amide bonds. The molecule has 0 unspecified atom stereocenters. The maximum Gasteiger partial charge on any atom is 0.408 e. The van der Waals surface area contributed by atoms with Crippen LogP contribution in [-0.2, 0) is 32.1 Å². The van der Waals surface area contributed by atoms with Crippen LogP contribution in [0.1, 0.15) is 18.1 Å². The SMILES string of the molecule is CCOC(=O)CNC(=O)[C@H](Cc1ccccc1)NC(=O)OCc1ccccc1. The van der Waals surface area contributed by atoms with Crippen molar-refractivity contribution in [3.63, 3.8) is 0 Å². The first kappa shape index (κ1) is 21.0. The summed E-state index contributed by atoms with van der Waals surface area (Å²) in [5.74, 6) is -1.03. The van der Waals surface area contributed by atoms with Crippen LogP contribution in [0, 0.1) is 0 Å². The van der Waals surface area contributed by atoms with Crippen LogP contribution in [0.15, 0.2) is 60.7 Å². The third kappa shape index (κ3) is 7.49. The molecule has 2 aromatic carbocycles. The highest BCUT2D eigenvalue weighted by atomic mass is 16.5. The molecule has 0 radical (unpaired) electrons. The minimum Gasteiger partial charge on any atom is -0.465 e. The molecule has 0 fully saturated rings. The fourth-order valence-corrected chi connectivity index (χ4v) is 2.46. The van der Waals surface area contributed by atoms with Crippen LogP contribution in [0.3, 0.4) is 0 Å². The number of esters is 1. The highest BCUT2D eigenvalue weighted by Gasteiger charge is 2.22. The molecule has 1 atom stereocenters. The van der Waals surface area contributed by atoms with Crippen LogP contribution in [0.5, 0.6) is 0 Å². The average molecular weight is 384 g/mol. The highest BCUT2D eigenvalue weighted by molar-refractivity contribution is 5.88. The zero-order valence-electron chi connectivity index (χ0n) is 15.7. The number of benzene rings is 2. The molecule has 0 bridgehead atoms. The number of amides is 2. The molecule has 0 spiro atoms. The Morgan fingerprint density at radius 3 is 2.11 bits per heavy atom. The summed E-state index contributed by atoms with van der Waals surface area (Å²) in [7, 11) is 0. The standard InChI is InChI=1S/C21H24N2O5/c1-2-27-19(24)14-22-20(25)18(13-16-9-5-3-6-10-16)23-21(26)28-15-17-11-7-4-8-12-17/h3-12,18H,2,13-15H2,1H3,(H,22,25)(H,23,26)/t18-/m0/s1. The van der Waals surface area contributed by atoms with Gasteiger partial charge in [0.2, 0.25) is 5.91 Å². The molecule has 0 heterocycles. The molecule has 7 nitrogen and oxygen atoms in total. The molecule has 148 valence electrons. The van der Waals surface area contributed by atoms with Gasteiger partial charge in [-0.3, -0.25) is 9.59 Å². The third-order valence-corrected chi connectivity index (χ3v) is 3.82. The van der Waals surface area contributed by atoms with E-state index in [-0.39, 0.29) is 26.2 Å². The van der Waals surface area contributed by atoms with Gasteiger partial charge in [0.15, 0.2) is 0 Å². The zero-order valence-corrected chi connectivity index (χ0v) is 15.7. The van der Waals surface area contributed by atoms with E-state index < -0.39 is 24.0 Å². The van der Waals surface area contributed by atoms with Crippen LogP contribution >= 0.6 is 0 Å². The van der Waals surface area contributed by atoms with Gasteiger partial charge < -0.3 is 20.1 Å². The second-order valence-electron chi connectivity index (χ2n) is 5.97. The Bertz CT molecular complexity index is 765. The number of carbonyl (C=O) groups is 3. The van der Waals surface area contributed by atoms with Gasteiger partial charge in [0.05, 0.1) is 6.61 Å². The Kier molecular flexibility index (Phi) is 8.52. The molecule has 0 aromatic heterocycles. The summed E-state index contributed by atoms with van der Waals surface area (Å²) in [6.45, 7) is 1.74. The fraction of sp³-hybridized carbons (Fsp3) is 0.286. The van der Waals surface area contributed by atoms with Gasteiger partial charge in [-0.2, -0.15) is 0 Å². The quantitative estimate of drug-likeness (QED) is 0.647. The summed E-state index contributed by atoms with van der Waals surface area (Å²) in [5.41, 5.74) is 1.70. The van der Waals surface area contributed by atoms with Crippen molar-refractivity contribution < 1.29 is 23.9 Å². The summed E-state index contributed by atoms with van der Waals surface area (Å²) in [5, 5.41) is 5.05. The maximum absolute atomic E-state index is 12.5. The largest absolute Gasteiger partial charge is 0.465 e. The normalized spacial score (nSPS) is 11.2. The molecule has 0 aliphatic heterocycles. The van der Waals surface area contributed by atoms with Crippen molar-refractivity contribution in [2.45, 2.75) is 26.0 Å². The van der Waals surface area contributed by atoms with Crippen LogP contribution in [-0.4, -0.2) is 37.2 Å². The summed E-state index contributed by atoms with van der Waals surface area (Å²) in [4.78, 5) is 36.1. The number of rotatable bonds is 9. The van der Waals surface area contributed by atoms with Gasteiger partial charge in [0, 0.05) is 6.42 Å². The van der Waals surface area contributed by atoms with E-state index >= 15 is 0 Å². The zero-order chi connectivity index (χ0) is 20.2. The van der Waals surface area contributed by atoms with Crippen molar-refractivity contribution in [2.24, 2.45) is 0 Å².